The van der Waals surface area contributed by atoms with E-state index in [9.17, 15) is 0 Å². The summed E-state index contributed by atoms with van der Waals surface area (Å²) >= 11 is 1.61. The molecule has 2 aromatic rings. The predicted molar refractivity (Wildman–Crippen MR) is 95.4 cm³/mol. The smallest absolute Gasteiger partial charge is 0.124 e. The molecule has 1 fully saturated rings. The summed E-state index contributed by atoms with van der Waals surface area (Å²) in [4.78, 5) is 6.25. The first kappa shape index (κ1) is 16.4. The van der Waals surface area contributed by atoms with Crippen LogP contribution in [0.2, 0.25) is 0 Å². The fourth-order valence-corrected chi connectivity index (χ4v) is 4.02. The molecule has 4 nitrogen and oxygen atoms in total. The molecule has 0 N–H and O–H groups in total. The largest absolute Gasteiger partial charge is 0.494 e. The van der Waals surface area contributed by atoms with Gasteiger partial charge in [0.2, 0.25) is 0 Å². The fraction of sp³-hybridized carbons (Fsp3) is 0.500. The maximum atomic E-state index is 5.91. The molecule has 1 atom stereocenters. The number of rotatable bonds is 5. The van der Waals surface area contributed by atoms with Crippen molar-refractivity contribution in [3.05, 3.63) is 46.5 Å². The SMILES string of the molecule is CCOc1ccccc1C(c1cc(C)ns1)N1CCN(C)CC1. The Labute approximate surface area is 142 Å². The van der Waals surface area contributed by atoms with Gasteiger partial charge in [-0.25, -0.2) is 0 Å². The highest BCUT2D eigenvalue weighted by atomic mass is 32.1. The lowest BCUT2D eigenvalue weighted by atomic mass is 10.0. The van der Waals surface area contributed by atoms with Crippen LogP contribution in [0.5, 0.6) is 5.75 Å². The van der Waals surface area contributed by atoms with E-state index in [-0.39, 0.29) is 6.04 Å². The molecule has 0 aliphatic carbocycles. The Balaban J connectivity index is 1.98. The summed E-state index contributed by atoms with van der Waals surface area (Å²) in [6.07, 6.45) is 0. The van der Waals surface area contributed by atoms with Crippen molar-refractivity contribution in [3.63, 3.8) is 0 Å². The molecule has 1 saturated heterocycles. The van der Waals surface area contributed by atoms with Crippen LogP contribution in [0.25, 0.3) is 0 Å². The summed E-state index contributed by atoms with van der Waals surface area (Å²) in [6.45, 7) is 9.13. The zero-order chi connectivity index (χ0) is 16.2. The van der Waals surface area contributed by atoms with Crippen LogP contribution in [0.3, 0.4) is 0 Å². The van der Waals surface area contributed by atoms with Crippen LogP contribution in [0, 0.1) is 6.92 Å². The van der Waals surface area contributed by atoms with Crippen molar-refractivity contribution in [2.24, 2.45) is 0 Å². The van der Waals surface area contributed by atoms with E-state index in [0.717, 1.165) is 37.6 Å². The van der Waals surface area contributed by atoms with Gasteiger partial charge in [0.15, 0.2) is 0 Å². The number of hydrogen-bond acceptors (Lipinski definition) is 5. The molecule has 0 saturated carbocycles. The monoisotopic (exact) mass is 331 g/mol. The maximum absolute atomic E-state index is 5.91. The first-order valence-electron chi connectivity index (χ1n) is 8.26. The Hall–Kier alpha value is -1.43. The number of aryl methyl sites for hydroxylation is 1. The Morgan fingerprint density at radius 2 is 1.96 bits per heavy atom. The van der Waals surface area contributed by atoms with E-state index in [1.165, 1.54) is 10.4 Å². The quantitative estimate of drug-likeness (QED) is 0.841. The zero-order valence-corrected chi connectivity index (χ0v) is 15.0. The molecule has 1 aromatic heterocycles. The van der Waals surface area contributed by atoms with Crippen LogP contribution in [0.1, 0.15) is 29.1 Å². The number of ether oxygens (including phenoxy) is 1. The summed E-state index contributed by atoms with van der Waals surface area (Å²) < 4.78 is 10.4. The molecule has 3 rings (SSSR count). The molecule has 23 heavy (non-hydrogen) atoms. The van der Waals surface area contributed by atoms with Crippen molar-refractivity contribution in [1.82, 2.24) is 14.2 Å². The van der Waals surface area contributed by atoms with E-state index >= 15 is 0 Å². The minimum Gasteiger partial charge on any atom is -0.494 e. The minimum atomic E-state index is 0.234. The molecule has 2 heterocycles. The molecule has 5 heteroatoms. The Kier molecular flexibility index (Phi) is 5.30. The first-order chi connectivity index (χ1) is 11.2. The molecule has 1 unspecified atom stereocenters. The molecular formula is C18H25N3OS. The lowest BCUT2D eigenvalue weighted by molar-refractivity contribution is 0.127. The van der Waals surface area contributed by atoms with Crippen molar-refractivity contribution < 1.29 is 4.74 Å². The van der Waals surface area contributed by atoms with Crippen LogP contribution in [-0.4, -0.2) is 54.0 Å². The van der Waals surface area contributed by atoms with E-state index < -0.39 is 0 Å². The highest BCUT2D eigenvalue weighted by molar-refractivity contribution is 7.05. The Bertz CT molecular complexity index is 635. The van der Waals surface area contributed by atoms with E-state index in [2.05, 4.69) is 52.4 Å². The average molecular weight is 331 g/mol. The van der Waals surface area contributed by atoms with E-state index in [1.807, 2.05) is 13.0 Å². The minimum absolute atomic E-state index is 0.234. The summed E-state index contributed by atoms with van der Waals surface area (Å²) in [5, 5.41) is 0. The summed E-state index contributed by atoms with van der Waals surface area (Å²) in [6, 6.07) is 10.9. The third-order valence-corrected chi connectivity index (χ3v) is 5.26. The van der Waals surface area contributed by atoms with Gasteiger partial charge in [0.1, 0.15) is 5.75 Å². The molecule has 1 aromatic carbocycles. The van der Waals surface area contributed by atoms with Crippen LogP contribution in [-0.2, 0) is 0 Å². The van der Waals surface area contributed by atoms with Crippen LogP contribution < -0.4 is 4.74 Å². The standard InChI is InChI=1S/C18H25N3OS/c1-4-22-16-8-6-5-7-15(16)18(17-13-14(2)19-23-17)21-11-9-20(3)10-12-21/h5-8,13,18H,4,9-12H2,1-3H3. The lowest BCUT2D eigenvalue weighted by Gasteiger charge is -2.38. The molecule has 0 spiro atoms. The third-order valence-electron chi connectivity index (χ3n) is 4.33. The number of para-hydroxylation sites is 1. The molecule has 124 valence electrons. The van der Waals surface area contributed by atoms with E-state index in [0.29, 0.717) is 6.61 Å². The Morgan fingerprint density at radius 1 is 1.22 bits per heavy atom. The highest BCUT2D eigenvalue weighted by Crippen LogP contribution is 2.37. The van der Waals surface area contributed by atoms with Crippen molar-refractivity contribution in [1.29, 1.82) is 0 Å². The van der Waals surface area contributed by atoms with Gasteiger partial charge >= 0.3 is 0 Å². The fourth-order valence-electron chi connectivity index (χ4n) is 3.12. The van der Waals surface area contributed by atoms with Gasteiger partial charge in [-0.2, -0.15) is 4.37 Å². The predicted octanol–water partition coefficient (Wildman–Crippen LogP) is 3.19. The van der Waals surface area contributed by atoms with Crippen molar-refractivity contribution in [3.8, 4) is 5.75 Å². The van der Waals surface area contributed by atoms with Crippen LogP contribution >= 0.6 is 11.5 Å². The van der Waals surface area contributed by atoms with E-state index in [1.54, 1.807) is 11.5 Å². The molecule has 0 bridgehead atoms. The first-order valence-corrected chi connectivity index (χ1v) is 9.04. The van der Waals surface area contributed by atoms with Gasteiger partial charge in [-0.15, -0.1) is 0 Å². The normalized spacial score (nSPS) is 18.0. The lowest BCUT2D eigenvalue weighted by Crippen LogP contribution is -2.46. The molecule has 0 amide bonds. The number of piperazine rings is 1. The molecular weight excluding hydrogens is 306 g/mol. The molecule has 0 radical (unpaired) electrons. The van der Waals surface area contributed by atoms with Gasteiger partial charge in [-0.3, -0.25) is 4.90 Å². The van der Waals surface area contributed by atoms with Crippen LogP contribution in [0.15, 0.2) is 30.3 Å². The topological polar surface area (TPSA) is 28.6 Å². The maximum Gasteiger partial charge on any atom is 0.124 e. The van der Waals surface area contributed by atoms with Crippen molar-refractivity contribution in [2.75, 3.05) is 39.8 Å². The molecule has 1 aliphatic rings. The average Bonchev–Trinajstić information content (AvgIpc) is 2.97. The molecule has 1 aliphatic heterocycles. The van der Waals surface area contributed by atoms with Gasteiger partial charge < -0.3 is 9.64 Å². The number of hydrogen-bond donors (Lipinski definition) is 0. The number of likely N-dealkylation sites (N-methyl/N-ethyl adjacent to an activating group) is 1. The third kappa shape index (κ3) is 3.74. The second kappa shape index (κ2) is 7.43. The number of nitrogens with zero attached hydrogens (tertiary/aromatic N) is 3. The second-order valence-electron chi connectivity index (χ2n) is 6.08. The highest BCUT2D eigenvalue weighted by Gasteiger charge is 2.29. The van der Waals surface area contributed by atoms with Crippen molar-refractivity contribution >= 4 is 11.5 Å². The van der Waals surface area contributed by atoms with Crippen molar-refractivity contribution in [2.45, 2.75) is 19.9 Å². The second-order valence-corrected chi connectivity index (χ2v) is 6.92. The van der Waals surface area contributed by atoms with E-state index in [4.69, 9.17) is 4.74 Å². The van der Waals surface area contributed by atoms with Crippen LogP contribution in [0.4, 0.5) is 0 Å². The Morgan fingerprint density at radius 3 is 2.61 bits per heavy atom. The number of aromatic nitrogens is 1. The summed E-state index contributed by atoms with van der Waals surface area (Å²) in [5.74, 6) is 0.991. The zero-order valence-electron chi connectivity index (χ0n) is 14.2. The number of benzene rings is 1. The van der Waals surface area contributed by atoms with Gasteiger partial charge in [-0.1, -0.05) is 18.2 Å². The summed E-state index contributed by atoms with van der Waals surface area (Å²) in [5.41, 5.74) is 2.35. The van der Waals surface area contributed by atoms with Gasteiger partial charge in [0, 0.05) is 36.6 Å². The van der Waals surface area contributed by atoms with Gasteiger partial charge in [0.25, 0.3) is 0 Å². The van der Waals surface area contributed by atoms with Gasteiger partial charge in [-0.05, 0) is 44.6 Å². The van der Waals surface area contributed by atoms with Gasteiger partial charge in [0.05, 0.1) is 18.3 Å². The summed E-state index contributed by atoms with van der Waals surface area (Å²) in [7, 11) is 2.19.